The molecule has 3 rings (SSSR count). The fourth-order valence-corrected chi connectivity index (χ4v) is 2.46. The van der Waals surface area contributed by atoms with Crippen LogP contribution in [0, 0.1) is 18.8 Å². The summed E-state index contributed by atoms with van der Waals surface area (Å²) >= 11 is 0. The Kier molecular flexibility index (Phi) is 3.69. The summed E-state index contributed by atoms with van der Waals surface area (Å²) in [5.41, 5.74) is 2.31. The quantitative estimate of drug-likeness (QED) is 0.815. The maximum absolute atomic E-state index is 4.73. The first kappa shape index (κ1) is 12.9. The van der Waals surface area contributed by atoms with E-state index in [2.05, 4.69) is 22.1 Å². The molecule has 1 aromatic heterocycles. The van der Waals surface area contributed by atoms with Crippen molar-refractivity contribution in [3.05, 3.63) is 17.5 Å². The molecule has 104 valence electrons. The van der Waals surface area contributed by atoms with Crippen molar-refractivity contribution in [3.8, 4) is 0 Å². The number of anilines is 1. The number of aryl methyl sites for hydroxylation is 1. The van der Waals surface area contributed by atoms with Gasteiger partial charge >= 0.3 is 0 Å². The summed E-state index contributed by atoms with van der Waals surface area (Å²) in [6.07, 6.45) is 7.53. The number of aromatic nitrogens is 2. The lowest BCUT2D eigenvalue weighted by atomic mass is 10.2. The fourth-order valence-electron chi connectivity index (χ4n) is 2.46. The van der Waals surface area contributed by atoms with Gasteiger partial charge in [0.05, 0.1) is 0 Å². The Balaban J connectivity index is 1.73. The van der Waals surface area contributed by atoms with Gasteiger partial charge in [-0.1, -0.05) is 0 Å². The molecule has 2 saturated carbocycles. The van der Waals surface area contributed by atoms with E-state index in [1.165, 1.54) is 31.2 Å². The molecule has 4 nitrogen and oxygen atoms in total. The standard InChI is InChI=1S/C15H24N4/c1-11-14(7-16-2)8-17-15(18-11)19(9-12-3-4-12)10-13-5-6-13/h8,12-13,16H,3-7,9-10H2,1-2H3. The summed E-state index contributed by atoms with van der Waals surface area (Å²) in [6, 6.07) is 0. The number of hydrogen-bond acceptors (Lipinski definition) is 4. The zero-order chi connectivity index (χ0) is 13.2. The van der Waals surface area contributed by atoms with E-state index in [0.717, 1.165) is 43.1 Å². The highest BCUT2D eigenvalue weighted by Crippen LogP contribution is 2.34. The zero-order valence-corrected chi connectivity index (χ0v) is 12.0. The third-order valence-corrected chi connectivity index (χ3v) is 4.07. The molecule has 2 fully saturated rings. The van der Waals surface area contributed by atoms with Gasteiger partial charge in [-0.25, -0.2) is 9.97 Å². The molecule has 0 aromatic carbocycles. The Bertz CT molecular complexity index is 424. The van der Waals surface area contributed by atoms with E-state index in [9.17, 15) is 0 Å². The minimum Gasteiger partial charge on any atom is -0.340 e. The van der Waals surface area contributed by atoms with E-state index in [4.69, 9.17) is 4.98 Å². The van der Waals surface area contributed by atoms with Gasteiger partial charge < -0.3 is 10.2 Å². The summed E-state index contributed by atoms with van der Waals surface area (Å²) in [6.45, 7) is 5.24. The van der Waals surface area contributed by atoms with Crippen LogP contribution >= 0.6 is 0 Å². The summed E-state index contributed by atoms with van der Waals surface area (Å²) in [5.74, 6) is 2.72. The van der Waals surface area contributed by atoms with Crippen molar-refractivity contribution in [1.82, 2.24) is 15.3 Å². The first-order chi connectivity index (χ1) is 9.26. The predicted molar refractivity (Wildman–Crippen MR) is 77.2 cm³/mol. The van der Waals surface area contributed by atoms with E-state index in [-0.39, 0.29) is 0 Å². The predicted octanol–water partition coefficient (Wildman–Crippen LogP) is 2.13. The van der Waals surface area contributed by atoms with Gasteiger partial charge in [0.2, 0.25) is 5.95 Å². The van der Waals surface area contributed by atoms with Gasteiger partial charge in [-0.3, -0.25) is 0 Å². The van der Waals surface area contributed by atoms with Crippen LogP contribution in [0.25, 0.3) is 0 Å². The van der Waals surface area contributed by atoms with Crippen molar-refractivity contribution in [1.29, 1.82) is 0 Å². The number of nitrogens with zero attached hydrogens (tertiary/aromatic N) is 3. The number of rotatable bonds is 7. The van der Waals surface area contributed by atoms with E-state index >= 15 is 0 Å². The molecule has 0 atom stereocenters. The van der Waals surface area contributed by atoms with E-state index in [1.807, 2.05) is 13.2 Å². The molecule has 2 aliphatic carbocycles. The number of hydrogen-bond donors (Lipinski definition) is 1. The largest absolute Gasteiger partial charge is 0.340 e. The van der Waals surface area contributed by atoms with Crippen molar-refractivity contribution in [2.45, 2.75) is 39.2 Å². The minimum atomic E-state index is 0.845. The van der Waals surface area contributed by atoms with E-state index in [1.54, 1.807) is 0 Å². The Morgan fingerprint density at radius 2 is 1.84 bits per heavy atom. The molecule has 0 amide bonds. The lowest BCUT2D eigenvalue weighted by molar-refractivity contribution is 0.658. The normalized spacial score (nSPS) is 18.6. The SMILES string of the molecule is CNCc1cnc(N(CC2CC2)CC2CC2)nc1C. The maximum Gasteiger partial charge on any atom is 0.225 e. The molecular formula is C15H24N4. The van der Waals surface area contributed by atoms with Crippen LogP contribution in [0.3, 0.4) is 0 Å². The Morgan fingerprint density at radius 3 is 2.32 bits per heavy atom. The molecule has 1 heterocycles. The van der Waals surface area contributed by atoms with Crippen molar-refractivity contribution >= 4 is 5.95 Å². The van der Waals surface area contributed by atoms with Crippen LogP contribution in [0.5, 0.6) is 0 Å². The highest BCUT2D eigenvalue weighted by Gasteiger charge is 2.30. The second-order valence-electron chi connectivity index (χ2n) is 6.10. The maximum atomic E-state index is 4.73. The summed E-state index contributed by atoms with van der Waals surface area (Å²) in [7, 11) is 1.96. The third kappa shape index (κ3) is 3.44. The lowest BCUT2D eigenvalue weighted by Gasteiger charge is -2.23. The number of nitrogens with one attached hydrogen (secondary N) is 1. The van der Waals surface area contributed by atoms with Crippen LogP contribution in [-0.4, -0.2) is 30.1 Å². The van der Waals surface area contributed by atoms with Crippen molar-refractivity contribution in [2.24, 2.45) is 11.8 Å². The van der Waals surface area contributed by atoms with Gasteiger partial charge in [-0.15, -0.1) is 0 Å². The van der Waals surface area contributed by atoms with Crippen molar-refractivity contribution in [3.63, 3.8) is 0 Å². The van der Waals surface area contributed by atoms with Gasteiger partial charge in [0, 0.05) is 37.1 Å². The first-order valence-electron chi connectivity index (χ1n) is 7.48. The van der Waals surface area contributed by atoms with Crippen LogP contribution in [0.15, 0.2) is 6.20 Å². The average Bonchev–Trinajstić information content (AvgIpc) is 3.26. The topological polar surface area (TPSA) is 41.1 Å². The van der Waals surface area contributed by atoms with Crippen LogP contribution in [0.1, 0.15) is 36.9 Å². The monoisotopic (exact) mass is 260 g/mol. The van der Waals surface area contributed by atoms with Gasteiger partial charge in [0.15, 0.2) is 0 Å². The van der Waals surface area contributed by atoms with E-state index < -0.39 is 0 Å². The third-order valence-electron chi connectivity index (χ3n) is 4.07. The molecular weight excluding hydrogens is 236 g/mol. The average molecular weight is 260 g/mol. The Labute approximate surface area is 115 Å². The van der Waals surface area contributed by atoms with Gasteiger partial charge in [0.25, 0.3) is 0 Å². The molecule has 1 N–H and O–H groups in total. The molecule has 2 aliphatic rings. The van der Waals surface area contributed by atoms with Crippen molar-refractivity contribution < 1.29 is 0 Å². The smallest absolute Gasteiger partial charge is 0.225 e. The molecule has 19 heavy (non-hydrogen) atoms. The van der Waals surface area contributed by atoms with Crippen molar-refractivity contribution in [2.75, 3.05) is 25.0 Å². The Hall–Kier alpha value is -1.16. The Morgan fingerprint density at radius 1 is 1.21 bits per heavy atom. The van der Waals surface area contributed by atoms with Crippen LogP contribution in [0.4, 0.5) is 5.95 Å². The zero-order valence-electron chi connectivity index (χ0n) is 12.0. The summed E-state index contributed by atoms with van der Waals surface area (Å²) in [5, 5.41) is 3.16. The minimum absolute atomic E-state index is 0.845. The van der Waals surface area contributed by atoms with Gasteiger partial charge in [0.1, 0.15) is 0 Å². The second kappa shape index (κ2) is 5.45. The molecule has 1 aromatic rings. The molecule has 0 bridgehead atoms. The summed E-state index contributed by atoms with van der Waals surface area (Å²) in [4.78, 5) is 11.7. The fraction of sp³-hybridized carbons (Fsp3) is 0.733. The van der Waals surface area contributed by atoms with E-state index in [0.29, 0.717) is 0 Å². The molecule has 4 heteroatoms. The summed E-state index contributed by atoms with van der Waals surface area (Å²) < 4.78 is 0. The molecule has 0 radical (unpaired) electrons. The highest BCUT2D eigenvalue weighted by atomic mass is 15.3. The molecule has 0 aliphatic heterocycles. The lowest BCUT2D eigenvalue weighted by Crippen LogP contribution is -2.30. The van der Waals surface area contributed by atoms with Crippen LogP contribution in [0.2, 0.25) is 0 Å². The van der Waals surface area contributed by atoms with Gasteiger partial charge in [-0.05, 0) is 51.5 Å². The molecule has 0 spiro atoms. The second-order valence-corrected chi connectivity index (χ2v) is 6.10. The molecule has 0 unspecified atom stereocenters. The van der Waals surface area contributed by atoms with Gasteiger partial charge in [-0.2, -0.15) is 0 Å². The van der Waals surface area contributed by atoms with Crippen LogP contribution < -0.4 is 10.2 Å². The first-order valence-corrected chi connectivity index (χ1v) is 7.48. The van der Waals surface area contributed by atoms with Crippen LogP contribution in [-0.2, 0) is 6.54 Å². The highest BCUT2D eigenvalue weighted by molar-refractivity contribution is 5.34. The molecule has 0 saturated heterocycles.